The summed E-state index contributed by atoms with van der Waals surface area (Å²) in [6.45, 7) is 0.657. The topological polar surface area (TPSA) is 57.5 Å². The van der Waals surface area contributed by atoms with Crippen LogP contribution in [0.1, 0.15) is 16.7 Å². The van der Waals surface area contributed by atoms with Gasteiger partial charge in [0.25, 0.3) is 0 Å². The van der Waals surface area contributed by atoms with E-state index >= 15 is 0 Å². The molecule has 2 rings (SSSR count). The number of rotatable bonds is 2. The van der Waals surface area contributed by atoms with E-state index < -0.39 is 0 Å². The molecule has 0 aliphatic heterocycles. The molecule has 0 radical (unpaired) electrons. The van der Waals surface area contributed by atoms with Crippen LogP contribution in [0.4, 0.5) is 0 Å². The van der Waals surface area contributed by atoms with E-state index in [9.17, 15) is 0 Å². The van der Waals surface area contributed by atoms with Gasteiger partial charge in [-0.2, -0.15) is 0 Å². The maximum absolute atomic E-state index is 5.59. The second-order valence-electron chi connectivity index (χ2n) is 3.81. The van der Waals surface area contributed by atoms with Crippen LogP contribution in [0.15, 0.2) is 54.6 Å². The molecule has 0 saturated heterocycles. The van der Waals surface area contributed by atoms with E-state index in [1.807, 2.05) is 48.5 Å². The molecule has 0 aromatic heterocycles. The third-order valence-corrected chi connectivity index (χ3v) is 2.55. The Kier molecular flexibility index (Phi) is 8.32. The molecule has 0 aliphatic carbocycles. The minimum absolute atomic E-state index is 0. The molecular weight excluding hydrogens is 258 g/mol. The quantitative estimate of drug-likeness (QED) is 0.839. The fourth-order valence-electron chi connectivity index (χ4n) is 1.68. The Hall–Kier alpha value is -1.79. The maximum Gasteiger partial charge on any atom is 0.0281 e. The summed E-state index contributed by atoms with van der Waals surface area (Å²) in [5.74, 6) is 6.38. The standard InChI is InChI=1S/C16H15N.ClH.H2O/c17-13-12-16-9-5-4-8-15(16)11-10-14-6-2-1-3-7-14;;/h1-9H,12-13,17H2;1H;1H2. The Balaban J connectivity index is 0.00000162. The van der Waals surface area contributed by atoms with Crippen molar-refractivity contribution in [3.05, 3.63) is 71.3 Å². The summed E-state index contributed by atoms with van der Waals surface area (Å²) in [6.07, 6.45) is 0.875. The van der Waals surface area contributed by atoms with E-state index in [-0.39, 0.29) is 17.9 Å². The molecule has 4 N–H and O–H groups in total. The molecular formula is C16H18ClNO. The van der Waals surface area contributed by atoms with E-state index in [0.29, 0.717) is 6.54 Å². The summed E-state index contributed by atoms with van der Waals surface area (Å²) < 4.78 is 0. The van der Waals surface area contributed by atoms with Gasteiger partial charge in [0.2, 0.25) is 0 Å². The second kappa shape index (κ2) is 9.18. The van der Waals surface area contributed by atoms with Crippen LogP contribution in [0.5, 0.6) is 0 Å². The summed E-state index contributed by atoms with van der Waals surface area (Å²) in [5, 5.41) is 0. The van der Waals surface area contributed by atoms with E-state index in [2.05, 4.69) is 17.9 Å². The van der Waals surface area contributed by atoms with Crippen molar-refractivity contribution in [3.8, 4) is 11.8 Å². The zero-order valence-corrected chi connectivity index (χ0v) is 11.4. The fourth-order valence-corrected chi connectivity index (χ4v) is 1.68. The zero-order chi connectivity index (χ0) is 11.9. The van der Waals surface area contributed by atoms with Gasteiger partial charge in [0.1, 0.15) is 0 Å². The predicted octanol–water partition coefficient (Wildman–Crippen LogP) is 2.18. The van der Waals surface area contributed by atoms with Crippen molar-refractivity contribution >= 4 is 12.4 Å². The molecule has 0 bridgehead atoms. The van der Waals surface area contributed by atoms with Gasteiger partial charge >= 0.3 is 0 Å². The number of halogens is 1. The van der Waals surface area contributed by atoms with E-state index in [1.54, 1.807) is 0 Å². The minimum Gasteiger partial charge on any atom is -0.412 e. The molecule has 0 aliphatic rings. The van der Waals surface area contributed by atoms with Gasteiger partial charge in [-0.05, 0) is 36.7 Å². The monoisotopic (exact) mass is 275 g/mol. The third-order valence-electron chi connectivity index (χ3n) is 2.55. The van der Waals surface area contributed by atoms with Crippen LogP contribution >= 0.6 is 12.4 Å². The normalized spacial score (nSPS) is 8.47. The van der Waals surface area contributed by atoms with Crippen LogP contribution in [0.25, 0.3) is 0 Å². The summed E-state index contributed by atoms with van der Waals surface area (Å²) >= 11 is 0. The maximum atomic E-state index is 5.59. The molecule has 0 heterocycles. The van der Waals surface area contributed by atoms with Crippen LogP contribution in [-0.4, -0.2) is 12.0 Å². The summed E-state index contributed by atoms with van der Waals surface area (Å²) in [4.78, 5) is 0. The highest BCUT2D eigenvalue weighted by Crippen LogP contribution is 2.08. The molecule has 0 fully saturated rings. The molecule has 0 unspecified atom stereocenters. The lowest BCUT2D eigenvalue weighted by molar-refractivity contribution is 0.824. The van der Waals surface area contributed by atoms with Gasteiger partial charge < -0.3 is 11.2 Å². The van der Waals surface area contributed by atoms with Gasteiger partial charge in [0, 0.05) is 11.1 Å². The van der Waals surface area contributed by atoms with Crippen molar-refractivity contribution in [1.82, 2.24) is 0 Å². The highest BCUT2D eigenvalue weighted by Gasteiger charge is 1.96. The van der Waals surface area contributed by atoms with Crippen molar-refractivity contribution < 1.29 is 5.48 Å². The number of hydrogen-bond acceptors (Lipinski definition) is 1. The molecule has 2 nitrogen and oxygen atoms in total. The highest BCUT2D eigenvalue weighted by molar-refractivity contribution is 5.85. The average molecular weight is 276 g/mol. The molecule has 100 valence electrons. The third kappa shape index (κ3) is 5.15. The number of benzene rings is 2. The first-order chi connectivity index (χ1) is 8.40. The van der Waals surface area contributed by atoms with Gasteiger partial charge in [0.15, 0.2) is 0 Å². The number of nitrogens with two attached hydrogens (primary N) is 1. The largest absolute Gasteiger partial charge is 0.412 e. The first kappa shape index (κ1) is 17.2. The Morgan fingerprint density at radius 2 is 1.47 bits per heavy atom. The average Bonchev–Trinajstić information content (AvgIpc) is 2.39. The second-order valence-corrected chi connectivity index (χ2v) is 3.81. The molecule has 0 saturated carbocycles. The van der Waals surface area contributed by atoms with Gasteiger partial charge in [-0.25, -0.2) is 0 Å². The van der Waals surface area contributed by atoms with Crippen molar-refractivity contribution in [1.29, 1.82) is 0 Å². The van der Waals surface area contributed by atoms with Gasteiger partial charge in [0.05, 0.1) is 0 Å². The Labute approximate surface area is 120 Å². The summed E-state index contributed by atoms with van der Waals surface area (Å²) in [5.41, 5.74) is 8.92. The molecule has 0 atom stereocenters. The van der Waals surface area contributed by atoms with Crippen LogP contribution in [0, 0.1) is 11.8 Å². The van der Waals surface area contributed by atoms with E-state index in [1.165, 1.54) is 5.56 Å². The smallest absolute Gasteiger partial charge is 0.0281 e. The summed E-state index contributed by atoms with van der Waals surface area (Å²) in [7, 11) is 0. The lowest BCUT2D eigenvalue weighted by Gasteiger charge is -2.01. The van der Waals surface area contributed by atoms with Crippen molar-refractivity contribution in [3.63, 3.8) is 0 Å². The zero-order valence-electron chi connectivity index (χ0n) is 10.6. The lowest BCUT2D eigenvalue weighted by atomic mass is 10.0. The Bertz CT molecular complexity index is 543. The molecule has 3 heteroatoms. The van der Waals surface area contributed by atoms with Crippen LogP contribution in [0.3, 0.4) is 0 Å². The van der Waals surface area contributed by atoms with Gasteiger partial charge in [-0.3, -0.25) is 0 Å². The van der Waals surface area contributed by atoms with Gasteiger partial charge in [-0.15, -0.1) is 12.4 Å². The Morgan fingerprint density at radius 1 is 0.842 bits per heavy atom. The molecule has 2 aromatic carbocycles. The first-order valence-electron chi connectivity index (χ1n) is 5.75. The fraction of sp³-hybridized carbons (Fsp3) is 0.125. The molecule has 19 heavy (non-hydrogen) atoms. The Morgan fingerprint density at radius 3 is 2.16 bits per heavy atom. The SMILES string of the molecule is Cl.NCCc1ccccc1C#Cc1ccccc1.O. The number of hydrogen-bond donors (Lipinski definition) is 1. The van der Waals surface area contributed by atoms with E-state index in [4.69, 9.17) is 5.73 Å². The first-order valence-corrected chi connectivity index (χ1v) is 5.75. The summed E-state index contributed by atoms with van der Waals surface area (Å²) in [6, 6.07) is 18.2. The van der Waals surface area contributed by atoms with Crippen molar-refractivity contribution in [2.24, 2.45) is 5.73 Å². The van der Waals surface area contributed by atoms with Crippen LogP contribution in [0.2, 0.25) is 0 Å². The van der Waals surface area contributed by atoms with Crippen molar-refractivity contribution in [2.45, 2.75) is 6.42 Å². The predicted molar refractivity (Wildman–Crippen MR) is 82.5 cm³/mol. The van der Waals surface area contributed by atoms with E-state index in [0.717, 1.165) is 17.5 Å². The lowest BCUT2D eigenvalue weighted by Crippen LogP contribution is -2.04. The molecule has 0 spiro atoms. The van der Waals surface area contributed by atoms with Crippen molar-refractivity contribution in [2.75, 3.05) is 6.54 Å². The van der Waals surface area contributed by atoms with Crippen LogP contribution in [-0.2, 0) is 6.42 Å². The highest BCUT2D eigenvalue weighted by atomic mass is 35.5. The minimum atomic E-state index is 0. The van der Waals surface area contributed by atoms with Crippen LogP contribution < -0.4 is 5.73 Å². The molecule has 2 aromatic rings. The molecule has 0 amide bonds. The van der Waals surface area contributed by atoms with Gasteiger partial charge in [-0.1, -0.05) is 48.2 Å².